The van der Waals surface area contributed by atoms with Crippen LogP contribution >= 0.6 is 11.6 Å². The number of amides is 2. The first-order valence-electron chi connectivity index (χ1n) is 11.2. The van der Waals surface area contributed by atoms with Crippen LogP contribution in [-0.4, -0.2) is 66.9 Å². The van der Waals surface area contributed by atoms with Gasteiger partial charge in [-0.1, -0.05) is 11.6 Å². The number of carbonyl (C=O) groups is 2. The number of fused-ring (bicyclic) bond motifs is 5. The van der Waals surface area contributed by atoms with Crippen LogP contribution in [0.1, 0.15) is 50.5 Å². The van der Waals surface area contributed by atoms with Crippen LogP contribution in [0.4, 0.5) is 0 Å². The number of morpholine rings is 1. The highest BCUT2D eigenvalue weighted by Gasteiger charge is 2.55. The van der Waals surface area contributed by atoms with Crippen LogP contribution in [0.2, 0.25) is 5.02 Å². The summed E-state index contributed by atoms with van der Waals surface area (Å²) >= 11 is 6.28. The summed E-state index contributed by atoms with van der Waals surface area (Å²) in [6, 6.07) is 5.30. The number of carbonyl (C=O) groups excluding carboxylic acids is 2. The molecule has 6 rings (SSSR count). The Morgan fingerprint density at radius 3 is 2.74 bits per heavy atom. The van der Waals surface area contributed by atoms with E-state index in [1.807, 2.05) is 30.0 Å². The summed E-state index contributed by atoms with van der Waals surface area (Å²) in [5, 5.41) is 3.82. The number of nitrogens with one attached hydrogen (secondary N) is 1. The van der Waals surface area contributed by atoms with E-state index in [1.54, 1.807) is 0 Å². The number of hydrogen-bond acceptors (Lipinski definition) is 5. The Hall–Kier alpha value is -1.83. The molecule has 1 saturated carbocycles. The Kier molecular flexibility index (Phi) is 5.61. The molecule has 0 aromatic heterocycles. The molecule has 1 spiro atoms. The van der Waals surface area contributed by atoms with Crippen LogP contribution in [0.25, 0.3) is 0 Å². The maximum Gasteiger partial charge on any atom is 0.261 e. The van der Waals surface area contributed by atoms with Gasteiger partial charge < -0.3 is 24.4 Å². The molecular formula is C23H29ClN2O5. The Balaban J connectivity index is 1.48. The molecule has 1 N–H and O–H groups in total. The van der Waals surface area contributed by atoms with Crippen molar-refractivity contribution in [1.82, 2.24) is 10.2 Å². The molecule has 1 aliphatic carbocycles. The van der Waals surface area contributed by atoms with E-state index in [2.05, 4.69) is 5.32 Å². The number of ether oxygens (including phenoxy) is 3. The van der Waals surface area contributed by atoms with Gasteiger partial charge in [-0.25, -0.2) is 0 Å². The zero-order valence-corrected chi connectivity index (χ0v) is 18.5. The Bertz CT molecular complexity index is 872. The molecule has 2 bridgehead atoms. The highest BCUT2D eigenvalue weighted by molar-refractivity contribution is 6.30. The van der Waals surface area contributed by atoms with E-state index in [4.69, 9.17) is 25.8 Å². The fourth-order valence-electron chi connectivity index (χ4n) is 5.91. The summed E-state index contributed by atoms with van der Waals surface area (Å²) < 4.78 is 18.0. The first-order chi connectivity index (χ1) is 14.9. The third-order valence-corrected chi connectivity index (χ3v) is 7.54. The quantitative estimate of drug-likeness (QED) is 0.660. The minimum absolute atomic E-state index is 0.0576. The SMILES string of the molecule is C[C@@H]1C[C@@]2(COCC(=O)N2)[C@@H]2CO[C@H]3CC[C@H](CC3)c3cc(Cl)ccc3OCC(=O)N12. The molecule has 0 radical (unpaired) electrons. The standard InChI is InChI=1S/C23H29ClN2O5/c1-14-9-23(13-29-11-21(27)25-23)20-10-30-17-5-2-15(3-6-17)18-8-16(24)4-7-19(18)31-12-22(28)26(14)20/h4,7-8,14-15,17,20H,2-3,5-6,9-13H2,1H3,(H,25,27)/t14-,15-,17+,20+,23-/m1/s1. The van der Waals surface area contributed by atoms with E-state index in [1.165, 1.54) is 0 Å². The zero-order chi connectivity index (χ0) is 21.6. The van der Waals surface area contributed by atoms with Gasteiger partial charge >= 0.3 is 0 Å². The van der Waals surface area contributed by atoms with Crippen LogP contribution in [0, 0.1) is 0 Å². The van der Waals surface area contributed by atoms with Crippen molar-refractivity contribution >= 4 is 23.4 Å². The van der Waals surface area contributed by atoms with Crippen LogP contribution in [-0.2, 0) is 19.1 Å². The minimum Gasteiger partial charge on any atom is -0.483 e. The number of nitrogens with zero attached hydrogens (tertiary/aromatic N) is 1. The molecule has 5 aliphatic rings. The van der Waals surface area contributed by atoms with Crippen molar-refractivity contribution in [3.63, 3.8) is 0 Å². The van der Waals surface area contributed by atoms with Gasteiger partial charge in [-0.05, 0) is 68.7 Å². The second-order valence-corrected chi connectivity index (χ2v) is 9.78. The lowest BCUT2D eigenvalue weighted by Crippen LogP contribution is -2.65. The molecule has 3 atom stereocenters. The molecule has 3 fully saturated rings. The fraction of sp³-hybridized carbons (Fsp3) is 0.652. The van der Waals surface area contributed by atoms with Gasteiger partial charge in [0.05, 0.1) is 30.9 Å². The maximum atomic E-state index is 13.3. The molecule has 168 valence electrons. The highest BCUT2D eigenvalue weighted by Crippen LogP contribution is 2.41. The number of halogens is 1. The van der Waals surface area contributed by atoms with Crippen LogP contribution in [0.15, 0.2) is 18.2 Å². The molecule has 4 heterocycles. The zero-order valence-electron chi connectivity index (χ0n) is 17.8. The second kappa shape index (κ2) is 8.26. The summed E-state index contributed by atoms with van der Waals surface area (Å²) in [5.41, 5.74) is 0.459. The van der Waals surface area contributed by atoms with E-state index in [9.17, 15) is 9.59 Å². The van der Waals surface area contributed by atoms with Crippen LogP contribution in [0.3, 0.4) is 0 Å². The van der Waals surface area contributed by atoms with E-state index < -0.39 is 5.54 Å². The average molecular weight is 449 g/mol. The van der Waals surface area contributed by atoms with Crippen molar-refractivity contribution in [2.24, 2.45) is 0 Å². The smallest absolute Gasteiger partial charge is 0.261 e. The second-order valence-electron chi connectivity index (χ2n) is 9.34. The molecule has 4 aliphatic heterocycles. The van der Waals surface area contributed by atoms with Crippen molar-refractivity contribution < 1.29 is 23.8 Å². The Morgan fingerprint density at radius 2 is 1.97 bits per heavy atom. The average Bonchev–Trinajstić information content (AvgIpc) is 3.01. The first-order valence-corrected chi connectivity index (χ1v) is 11.6. The van der Waals surface area contributed by atoms with E-state index in [0.717, 1.165) is 37.0 Å². The molecule has 0 unspecified atom stereocenters. The lowest BCUT2D eigenvalue weighted by molar-refractivity contribution is -0.145. The van der Waals surface area contributed by atoms with E-state index in [-0.39, 0.29) is 43.2 Å². The lowest BCUT2D eigenvalue weighted by atomic mass is 9.82. The van der Waals surface area contributed by atoms with Gasteiger partial charge in [0.25, 0.3) is 5.91 Å². The van der Waals surface area contributed by atoms with Crippen LogP contribution in [0.5, 0.6) is 5.75 Å². The summed E-state index contributed by atoms with van der Waals surface area (Å²) in [6.07, 6.45) is 4.66. The molecule has 31 heavy (non-hydrogen) atoms. The Labute approximate surface area is 187 Å². The van der Waals surface area contributed by atoms with E-state index in [0.29, 0.717) is 30.6 Å². The van der Waals surface area contributed by atoms with Crippen molar-refractivity contribution in [1.29, 1.82) is 0 Å². The molecule has 7 nitrogen and oxygen atoms in total. The van der Waals surface area contributed by atoms with Gasteiger partial charge in [0.1, 0.15) is 12.4 Å². The summed E-state index contributed by atoms with van der Waals surface area (Å²) in [6.45, 7) is 2.78. The van der Waals surface area contributed by atoms with Gasteiger partial charge in [-0.15, -0.1) is 0 Å². The molecular weight excluding hydrogens is 420 g/mol. The summed E-state index contributed by atoms with van der Waals surface area (Å²) in [7, 11) is 0. The van der Waals surface area contributed by atoms with Crippen molar-refractivity contribution in [2.75, 3.05) is 26.4 Å². The minimum atomic E-state index is -0.618. The van der Waals surface area contributed by atoms with Gasteiger partial charge in [0, 0.05) is 11.1 Å². The number of hydrogen-bond donors (Lipinski definition) is 1. The monoisotopic (exact) mass is 448 g/mol. The third-order valence-electron chi connectivity index (χ3n) is 7.30. The van der Waals surface area contributed by atoms with Gasteiger partial charge in [0.2, 0.25) is 5.91 Å². The molecule has 2 saturated heterocycles. The molecule has 8 heteroatoms. The molecule has 2 amide bonds. The van der Waals surface area contributed by atoms with Crippen molar-refractivity contribution in [3.8, 4) is 5.75 Å². The summed E-state index contributed by atoms with van der Waals surface area (Å²) in [5.74, 6) is 0.831. The first kappa shape index (κ1) is 21.0. The Morgan fingerprint density at radius 1 is 1.16 bits per heavy atom. The number of benzene rings is 1. The maximum absolute atomic E-state index is 13.3. The van der Waals surface area contributed by atoms with Gasteiger partial charge in [-0.2, -0.15) is 0 Å². The number of rotatable bonds is 0. The third kappa shape index (κ3) is 3.92. The molecule has 1 aromatic rings. The topological polar surface area (TPSA) is 77.1 Å². The summed E-state index contributed by atoms with van der Waals surface area (Å²) in [4.78, 5) is 27.4. The van der Waals surface area contributed by atoms with Gasteiger partial charge in [-0.3, -0.25) is 9.59 Å². The van der Waals surface area contributed by atoms with Gasteiger partial charge in [0.15, 0.2) is 6.61 Å². The highest BCUT2D eigenvalue weighted by atomic mass is 35.5. The fourth-order valence-corrected chi connectivity index (χ4v) is 6.09. The lowest BCUT2D eigenvalue weighted by Gasteiger charge is -2.41. The normalized spacial score (nSPS) is 36.0. The predicted octanol–water partition coefficient (Wildman–Crippen LogP) is 2.65. The molecule has 1 aromatic carbocycles. The van der Waals surface area contributed by atoms with Crippen LogP contribution < -0.4 is 10.1 Å². The van der Waals surface area contributed by atoms with Crippen molar-refractivity contribution in [3.05, 3.63) is 28.8 Å². The predicted molar refractivity (Wildman–Crippen MR) is 114 cm³/mol. The van der Waals surface area contributed by atoms with Crippen molar-refractivity contribution in [2.45, 2.75) is 68.7 Å². The largest absolute Gasteiger partial charge is 0.483 e. The van der Waals surface area contributed by atoms with E-state index >= 15 is 0 Å².